The molecule has 5 heteroatoms. The fraction of sp³-hybridized carbons (Fsp3) is 0.364. The molecule has 0 aliphatic carbocycles. The molecule has 0 amide bonds. The second-order valence-corrected chi connectivity index (χ2v) is 4.10. The summed E-state index contributed by atoms with van der Waals surface area (Å²) in [7, 11) is 0. The van der Waals surface area contributed by atoms with E-state index in [0.29, 0.717) is 22.2 Å². The van der Waals surface area contributed by atoms with Crippen LogP contribution in [-0.4, -0.2) is 17.7 Å². The van der Waals surface area contributed by atoms with Crippen molar-refractivity contribution in [2.45, 2.75) is 19.4 Å². The largest absolute Gasteiger partial charge is 0.466 e. The zero-order chi connectivity index (χ0) is 12.1. The maximum absolute atomic E-state index is 11.1. The van der Waals surface area contributed by atoms with Crippen LogP contribution in [0.25, 0.3) is 0 Å². The monoisotopic (exact) mass is 262 g/mol. The molecule has 1 atom stereocenters. The van der Waals surface area contributed by atoms with Crippen molar-refractivity contribution in [1.82, 2.24) is 0 Å². The number of esters is 1. The Morgan fingerprint density at radius 2 is 1.94 bits per heavy atom. The summed E-state index contributed by atoms with van der Waals surface area (Å²) in [5.74, 6) is -0.453. The van der Waals surface area contributed by atoms with Crippen LogP contribution < -0.4 is 0 Å². The SMILES string of the molecule is CCOC(=O)C[C@H](O)c1cc(Cl)cc(Cl)c1. The number of aliphatic hydroxyl groups excluding tert-OH is 1. The Morgan fingerprint density at radius 1 is 1.38 bits per heavy atom. The molecule has 1 N–H and O–H groups in total. The Balaban J connectivity index is 2.72. The molecule has 3 nitrogen and oxygen atoms in total. The fourth-order valence-corrected chi connectivity index (χ4v) is 1.81. The summed E-state index contributed by atoms with van der Waals surface area (Å²) in [5, 5.41) is 10.6. The lowest BCUT2D eigenvalue weighted by Crippen LogP contribution is -2.10. The molecule has 0 saturated carbocycles. The number of ether oxygens (including phenoxy) is 1. The van der Waals surface area contributed by atoms with Crippen molar-refractivity contribution in [3.63, 3.8) is 0 Å². The quantitative estimate of drug-likeness (QED) is 0.849. The minimum absolute atomic E-state index is 0.107. The first-order valence-corrected chi connectivity index (χ1v) is 5.58. The number of benzene rings is 1. The maximum Gasteiger partial charge on any atom is 0.308 e. The molecule has 0 radical (unpaired) electrons. The number of hydrogen-bond donors (Lipinski definition) is 1. The highest BCUT2D eigenvalue weighted by Gasteiger charge is 2.14. The standard InChI is InChI=1S/C11H12Cl2O3/c1-2-16-11(15)6-10(14)7-3-8(12)5-9(13)4-7/h3-5,10,14H,2,6H2,1H3/t10-/m0/s1. The number of rotatable bonds is 4. The third kappa shape index (κ3) is 4.00. The van der Waals surface area contributed by atoms with Crippen molar-refractivity contribution in [2.75, 3.05) is 6.61 Å². The maximum atomic E-state index is 11.1. The summed E-state index contributed by atoms with van der Waals surface area (Å²) in [4.78, 5) is 11.1. The predicted octanol–water partition coefficient (Wildman–Crippen LogP) is 2.98. The lowest BCUT2D eigenvalue weighted by atomic mass is 10.1. The van der Waals surface area contributed by atoms with Gasteiger partial charge in [0.25, 0.3) is 0 Å². The van der Waals surface area contributed by atoms with Gasteiger partial charge in [-0.1, -0.05) is 23.2 Å². The molecule has 0 bridgehead atoms. The normalized spacial score (nSPS) is 12.2. The number of aliphatic hydroxyl groups is 1. The molecule has 0 saturated heterocycles. The van der Waals surface area contributed by atoms with Gasteiger partial charge >= 0.3 is 5.97 Å². The number of carbonyl (C=O) groups excluding carboxylic acids is 1. The van der Waals surface area contributed by atoms with Gasteiger partial charge in [-0.05, 0) is 30.7 Å². The van der Waals surface area contributed by atoms with E-state index in [1.165, 1.54) is 0 Å². The van der Waals surface area contributed by atoms with Gasteiger partial charge in [-0.15, -0.1) is 0 Å². The van der Waals surface area contributed by atoms with Gasteiger partial charge in [-0.2, -0.15) is 0 Å². The third-order valence-electron chi connectivity index (χ3n) is 1.93. The van der Waals surface area contributed by atoms with Crippen molar-refractivity contribution >= 4 is 29.2 Å². The van der Waals surface area contributed by atoms with Crippen molar-refractivity contribution < 1.29 is 14.6 Å². The highest BCUT2D eigenvalue weighted by atomic mass is 35.5. The summed E-state index contributed by atoms with van der Waals surface area (Å²) in [6.45, 7) is 2.00. The minimum Gasteiger partial charge on any atom is -0.466 e. The average Bonchev–Trinajstić information content (AvgIpc) is 2.16. The molecular weight excluding hydrogens is 251 g/mol. The summed E-state index contributed by atoms with van der Waals surface area (Å²) in [5.41, 5.74) is 0.505. The number of carbonyl (C=O) groups is 1. The first kappa shape index (κ1) is 13.3. The van der Waals surface area contributed by atoms with Crippen LogP contribution in [0.2, 0.25) is 10.0 Å². The molecule has 0 aliphatic rings. The van der Waals surface area contributed by atoms with Gasteiger partial charge in [-0.3, -0.25) is 4.79 Å². The number of hydrogen-bond acceptors (Lipinski definition) is 3. The smallest absolute Gasteiger partial charge is 0.308 e. The first-order valence-electron chi connectivity index (χ1n) is 4.82. The lowest BCUT2D eigenvalue weighted by molar-refractivity contribution is -0.145. The Bertz CT molecular complexity index is 359. The summed E-state index contributed by atoms with van der Waals surface area (Å²) in [6.07, 6.45) is -1.06. The van der Waals surface area contributed by atoms with Crippen molar-refractivity contribution in [3.8, 4) is 0 Å². The molecular formula is C11H12Cl2O3. The van der Waals surface area contributed by atoms with Crippen molar-refractivity contribution in [1.29, 1.82) is 0 Å². The van der Waals surface area contributed by atoms with E-state index in [-0.39, 0.29) is 6.42 Å². The zero-order valence-corrected chi connectivity index (χ0v) is 10.3. The highest BCUT2D eigenvalue weighted by Crippen LogP contribution is 2.25. The second-order valence-electron chi connectivity index (χ2n) is 3.23. The van der Waals surface area contributed by atoms with E-state index in [1.807, 2.05) is 0 Å². The molecule has 0 unspecified atom stereocenters. The van der Waals surface area contributed by atoms with Crippen LogP contribution in [0.1, 0.15) is 25.0 Å². The Hall–Kier alpha value is -0.770. The van der Waals surface area contributed by atoms with Crippen LogP contribution in [0, 0.1) is 0 Å². The van der Waals surface area contributed by atoms with Gasteiger partial charge in [0.05, 0.1) is 19.1 Å². The molecule has 1 aromatic carbocycles. The lowest BCUT2D eigenvalue weighted by Gasteiger charge is -2.11. The Kier molecular flexibility index (Phi) is 5.06. The molecule has 0 aliphatic heterocycles. The van der Waals surface area contributed by atoms with E-state index in [0.717, 1.165) is 0 Å². The van der Waals surface area contributed by atoms with Gasteiger partial charge in [0.15, 0.2) is 0 Å². The highest BCUT2D eigenvalue weighted by molar-refractivity contribution is 6.34. The van der Waals surface area contributed by atoms with Crippen LogP contribution in [0.5, 0.6) is 0 Å². The summed E-state index contributed by atoms with van der Waals surface area (Å²) >= 11 is 11.6. The van der Waals surface area contributed by atoms with E-state index < -0.39 is 12.1 Å². The summed E-state index contributed by atoms with van der Waals surface area (Å²) in [6, 6.07) is 4.69. The first-order chi connectivity index (χ1) is 7.52. The van der Waals surface area contributed by atoms with Crippen LogP contribution in [0.3, 0.4) is 0 Å². The van der Waals surface area contributed by atoms with E-state index >= 15 is 0 Å². The van der Waals surface area contributed by atoms with Gasteiger partial charge in [0.1, 0.15) is 0 Å². The van der Waals surface area contributed by atoms with Crippen molar-refractivity contribution in [3.05, 3.63) is 33.8 Å². The predicted molar refractivity (Wildman–Crippen MR) is 62.7 cm³/mol. The molecule has 1 rings (SSSR count). The fourth-order valence-electron chi connectivity index (χ4n) is 1.26. The molecule has 0 aromatic heterocycles. The third-order valence-corrected chi connectivity index (χ3v) is 2.37. The van der Waals surface area contributed by atoms with Gasteiger partial charge in [0.2, 0.25) is 0 Å². The molecule has 0 spiro atoms. The summed E-state index contributed by atoms with van der Waals surface area (Å²) < 4.78 is 4.73. The molecule has 0 heterocycles. The van der Waals surface area contributed by atoms with Gasteiger partial charge in [-0.25, -0.2) is 0 Å². The Labute approximate surface area is 104 Å². The van der Waals surface area contributed by atoms with Crippen LogP contribution in [0.4, 0.5) is 0 Å². The van der Waals surface area contributed by atoms with E-state index in [1.54, 1.807) is 25.1 Å². The van der Waals surface area contributed by atoms with Crippen molar-refractivity contribution in [2.24, 2.45) is 0 Å². The van der Waals surface area contributed by atoms with Crippen LogP contribution in [0.15, 0.2) is 18.2 Å². The molecule has 0 fully saturated rings. The van der Waals surface area contributed by atoms with E-state index in [9.17, 15) is 9.90 Å². The molecule has 16 heavy (non-hydrogen) atoms. The number of halogens is 2. The molecule has 1 aromatic rings. The van der Waals surface area contributed by atoms with Crippen LogP contribution >= 0.6 is 23.2 Å². The average molecular weight is 263 g/mol. The van der Waals surface area contributed by atoms with Crippen LogP contribution in [-0.2, 0) is 9.53 Å². The zero-order valence-electron chi connectivity index (χ0n) is 8.74. The molecule has 88 valence electrons. The second kappa shape index (κ2) is 6.09. The van der Waals surface area contributed by atoms with Gasteiger partial charge in [0, 0.05) is 10.0 Å². The van der Waals surface area contributed by atoms with E-state index in [4.69, 9.17) is 27.9 Å². The van der Waals surface area contributed by atoms with Gasteiger partial charge < -0.3 is 9.84 Å². The topological polar surface area (TPSA) is 46.5 Å². The Morgan fingerprint density at radius 3 is 2.44 bits per heavy atom. The van der Waals surface area contributed by atoms with E-state index in [2.05, 4.69) is 0 Å². The minimum atomic E-state index is -0.949.